The van der Waals surface area contributed by atoms with Gasteiger partial charge in [0.15, 0.2) is 0 Å². The fraction of sp³-hybridized carbons (Fsp3) is 0.353. The summed E-state index contributed by atoms with van der Waals surface area (Å²) in [4.78, 5) is 25.0. The quantitative estimate of drug-likeness (QED) is 0.676. The van der Waals surface area contributed by atoms with Gasteiger partial charge in [-0.25, -0.2) is 0 Å². The predicted octanol–water partition coefficient (Wildman–Crippen LogP) is 2.71. The van der Waals surface area contributed by atoms with Crippen molar-refractivity contribution in [3.8, 4) is 0 Å². The molecule has 24 heavy (non-hydrogen) atoms. The van der Waals surface area contributed by atoms with E-state index in [9.17, 15) is 14.9 Å². The van der Waals surface area contributed by atoms with Crippen LogP contribution in [-0.2, 0) is 11.8 Å². The first-order chi connectivity index (χ1) is 11.6. The maximum Gasteiger partial charge on any atom is 0.292 e. The third-order valence-corrected chi connectivity index (χ3v) is 4.41. The number of benzene rings is 1. The van der Waals surface area contributed by atoms with Gasteiger partial charge in [-0.1, -0.05) is 12.1 Å². The number of carbonyl (C=O) groups excluding carboxylic acids is 1. The Hall–Kier alpha value is -2.67. The molecule has 126 valence electrons. The fourth-order valence-electron chi connectivity index (χ4n) is 3.28. The van der Waals surface area contributed by atoms with Gasteiger partial charge in [0.25, 0.3) is 5.69 Å². The monoisotopic (exact) mass is 328 g/mol. The number of aryl methyl sites for hydroxylation is 1. The zero-order chi connectivity index (χ0) is 17.1. The number of anilines is 1. The van der Waals surface area contributed by atoms with Crippen LogP contribution < -0.4 is 5.32 Å². The summed E-state index contributed by atoms with van der Waals surface area (Å²) in [5.41, 5.74) is 1.33. The van der Waals surface area contributed by atoms with E-state index >= 15 is 0 Å². The maximum atomic E-state index is 12.4. The fourth-order valence-corrected chi connectivity index (χ4v) is 3.28. The second-order valence-electron chi connectivity index (χ2n) is 5.99. The molecule has 1 aromatic heterocycles. The van der Waals surface area contributed by atoms with Gasteiger partial charge in [0, 0.05) is 25.0 Å². The Balaban J connectivity index is 1.69. The van der Waals surface area contributed by atoms with E-state index in [0.29, 0.717) is 0 Å². The van der Waals surface area contributed by atoms with E-state index in [1.165, 1.54) is 11.8 Å². The molecule has 3 rings (SSSR count). The molecule has 2 aromatic rings. The summed E-state index contributed by atoms with van der Waals surface area (Å²) in [5.74, 6) is -0.231. The van der Waals surface area contributed by atoms with Gasteiger partial charge >= 0.3 is 0 Å². The van der Waals surface area contributed by atoms with Crippen LogP contribution in [0.1, 0.15) is 24.6 Å². The van der Waals surface area contributed by atoms with E-state index < -0.39 is 4.92 Å². The Labute approximate surface area is 140 Å². The molecule has 1 atom stereocenters. The molecule has 0 spiro atoms. The van der Waals surface area contributed by atoms with Gasteiger partial charge in [0.2, 0.25) is 5.91 Å². The molecule has 7 nitrogen and oxygen atoms in total. The van der Waals surface area contributed by atoms with Gasteiger partial charge in [-0.15, -0.1) is 0 Å². The van der Waals surface area contributed by atoms with Crippen LogP contribution in [0, 0.1) is 10.1 Å². The first kappa shape index (κ1) is 16.2. The number of nitro groups is 1. The summed E-state index contributed by atoms with van der Waals surface area (Å²) in [6.45, 7) is 1.07. The molecule has 1 amide bonds. The molecule has 0 aliphatic carbocycles. The number of rotatable bonds is 5. The third-order valence-electron chi connectivity index (χ3n) is 4.41. The number of likely N-dealkylation sites (tertiary alicyclic amines) is 1. The smallest absolute Gasteiger partial charge is 0.292 e. The molecule has 7 heteroatoms. The summed E-state index contributed by atoms with van der Waals surface area (Å²) < 4.78 is 2.07. The van der Waals surface area contributed by atoms with Crippen molar-refractivity contribution in [3.05, 3.63) is 58.4 Å². The Morgan fingerprint density at radius 2 is 2.12 bits per heavy atom. The van der Waals surface area contributed by atoms with Gasteiger partial charge in [-0.3, -0.25) is 19.8 Å². The van der Waals surface area contributed by atoms with Crippen LogP contribution in [0.25, 0.3) is 0 Å². The van der Waals surface area contributed by atoms with Gasteiger partial charge in [-0.2, -0.15) is 0 Å². The first-order valence-corrected chi connectivity index (χ1v) is 7.95. The van der Waals surface area contributed by atoms with Crippen LogP contribution in [0.4, 0.5) is 11.4 Å². The summed E-state index contributed by atoms with van der Waals surface area (Å²) in [6, 6.07) is 10.5. The van der Waals surface area contributed by atoms with Crippen LogP contribution in [-0.4, -0.2) is 33.4 Å². The molecule has 0 bridgehead atoms. The lowest BCUT2D eigenvalue weighted by Gasteiger charge is -2.24. The van der Waals surface area contributed by atoms with Crippen LogP contribution in [0.5, 0.6) is 0 Å². The number of nitrogens with one attached hydrogen (secondary N) is 1. The number of para-hydroxylation sites is 2. The minimum absolute atomic E-state index is 0.0914. The summed E-state index contributed by atoms with van der Waals surface area (Å²) in [6.07, 6.45) is 4.05. The van der Waals surface area contributed by atoms with Crippen LogP contribution in [0.2, 0.25) is 0 Å². The lowest BCUT2D eigenvalue weighted by molar-refractivity contribution is -0.383. The normalized spacial score (nSPS) is 17.8. The molecule has 1 aliphatic heterocycles. The Bertz CT molecular complexity index is 756. The van der Waals surface area contributed by atoms with Crippen molar-refractivity contribution in [1.29, 1.82) is 0 Å². The number of nitro benzene ring substituents is 1. The van der Waals surface area contributed by atoms with Gasteiger partial charge < -0.3 is 9.88 Å². The van der Waals surface area contributed by atoms with Crippen molar-refractivity contribution in [1.82, 2.24) is 9.47 Å². The molecule has 1 fully saturated rings. The number of aromatic nitrogens is 1. The largest absolute Gasteiger partial charge is 0.353 e. The van der Waals surface area contributed by atoms with Gasteiger partial charge in [0.05, 0.1) is 17.5 Å². The molecule has 1 aromatic carbocycles. The molecule has 0 saturated carbocycles. The minimum atomic E-state index is -0.488. The second kappa shape index (κ2) is 6.84. The van der Waals surface area contributed by atoms with E-state index in [1.807, 2.05) is 19.3 Å². The maximum absolute atomic E-state index is 12.4. The van der Waals surface area contributed by atoms with Crippen molar-refractivity contribution >= 4 is 17.3 Å². The summed E-state index contributed by atoms with van der Waals surface area (Å²) >= 11 is 0. The highest BCUT2D eigenvalue weighted by Gasteiger charge is 2.29. The zero-order valence-electron chi connectivity index (χ0n) is 13.5. The van der Waals surface area contributed by atoms with Crippen LogP contribution >= 0.6 is 0 Å². The molecule has 0 radical (unpaired) electrons. The standard InChI is InChI=1S/C17H20N4O3/c1-19-10-4-8-15(19)16-9-5-11-20(16)12-17(22)18-13-6-2-3-7-14(13)21(23)24/h2-4,6-8,10,16H,5,9,11-12H2,1H3,(H,18,22)/t16-/m0/s1. The van der Waals surface area contributed by atoms with Gasteiger partial charge in [0.1, 0.15) is 5.69 Å². The van der Waals surface area contributed by atoms with Crippen molar-refractivity contribution in [2.45, 2.75) is 18.9 Å². The third kappa shape index (κ3) is 3.30. The average Bonchev–Trinajstić information content (AvgIpc) is 3.16. The average molecular weight is 328 g/mol. The first-order valence-electron chi connectivity index (χ1n) is 7.95. The van der Waals surface area contributed by atoms with Crippen molar-refractivity contribution in [3.63, 3.8) is 0 Å². The number of amides is 1. The molecule has 0 unspecified atom stereocenters. The number of carbonyl (C=O) groups is 1. The summed E-state index contributed by atoms with van der Waals surface area (Å²) in [7, 11) is 2.00. The minimum Gasteiger partial charge on any atom is -0.353 e. The van der Waals surface area contributed by atoms with E-state index in [1.54, 1.807) is 18.2 Å². The molecular weight excluding hydrogens is 308 g/mol. The summed E-state index contributed by atoms with van der Waals surface area (Å²) in [5, 5.41) is 13.7. The van der Waals surface area contributed by atoms with Crippen LogP contribution in [0.15, 0.2) is 42.6 Å². The van der Waals surface area contributed by atoms with E-state index in [-0.39, 0.29) is 29.9 Å². The van der Waals surface area contributed by atoms with E-state index in [4.69, 9.17) is 0 Å². The predicted molar refractivity (Wildman–Crippen MR) is 90.7 cm³/mol. The second-order valence-corrected chi connectivity index (χ2v) is 5.99. The molecule has 2 heterocycles. The van der Waals surface area contributed by atoms with Crippen molar-refractivity contribution in [2.24, 2.45) is 7.05 Å². The van der Waals surface area contributed by atoms with E-state index in [0.717, 1.165) is 19.4 Å². The number of hydrogen-bond donors (Lipinski definition) is 1. The Kier molecular flexibility index (Phi) is 4.61. The topological polar surface area (TPSA) is 80.4 Å². The highest BCUT2D eigenvalue weighted by molar-refractivity contribution is 5.94. The lowest BCUT2D eigenvalue weighted by Crippen LogP contribution is -2.33. The zero-order valence-corrected chi connectivity index (χ0v) is 13.5. The Morgan fingerprint density at radius 1 is 1.33 bits per heavy atom. The Morgan fingerprint density at radius 3 is 2.83 bits per heavy atom. The lowest BCUT2D eigenvalue weighted by atomic mass is 10.1. The SMILES string of the molecule is Cn1cccc1[C@@H]1CCCN1CC(=O)Nc1ccccc1[N+](=O)[O-]. The molecule has 1 N–H and O–H groups in total. The molecular formula is C17H20N4O3. The molecule has 1 saturated heterocycles. The number of hydrogen-bond acceptors (Lipinski definition) is 4. The van der Waals surface area contributed by atoms with E-state index in [2.05, 4.69) is 20.9 Å². The highest BCUT2D eigenvalue weighted by Crippen LogP contribution is 2.31. The molecule has 1 aliphatic rings. The van der Waals surface area contributed by atoms with Crippen LogP contribution in [0.3, 0.4) is 0 Å². The van der Waals surface area contributed by atoms with Gasteiger partial charge in [-0.05, 0) is 37.6 Å². The number of nitrogens with zero attached hydrogens (tertiary/aromatic N) is 3. The highest BCUT2D eigenvalue weighted by atomic mass is 16.6. The van der Waals surface area contributed by atoms with Crippen molar-refractivity contribution in [2.75, 3.05) is 18.4 Å². The van der Waals surface area contributed by atoms with Crippen molar-refractivity contribution < 1.29 is 9.72 Å².